The third kappa shape index (κ3) is 3.39. The van der Waals surface area contributed by atoms with Crippen molar-refractivity contribution in [2.24, 2.45) is 0 Å². The summed E-state index contributed by atoms with van der Waals surface area (Å²) in [6.07, 6.45) is 3.23. The van der Waals surface area contributed by atoms with Crippen molar-refractivity contribution in [3.05, 3.63) is 108 Å². The predicted molar refractivity (Wildman–Crippen MR) is 126 cm³/mol. The van der Waals surface area contributed by atoms with Gasteiger partial charge in [-0.05, 0) is 53.4 Å². The van der Waals surface area contributed by atoms with Gasteiger partial charge in [-0.15, -0.1) is 0 Å². The zero-order valence-electron chi connectivity index (χ0n) is 17.3. The molecular formula is C28H26N2. The van der Waals surface area contributed by atoms with Crippen molar-refractivity contribution in [2.75, 3.05) is 0 Å². The van der Waals surface area contributed by atoms with Crippen LogP contribution in [-0.2, 0) is 6.42 Å². The maximum atomic E-state index is 5.15. The Kier molecular flexibility index (Phi) is 5.06. The van der Waals surface area contributed by atoms with Gasteiger partial charge < -0.3 is 0 Å². The molecule has 0 aliphatic rings. The van der Waals surface area contributed by atoms with Gasteiger partial charge in [-0.2, -0.15) is 0 Å². The normalized spacial score (nSPS) is 12.4. The Morgan fingerprint density at radius 1 is 0.767 bits per heavy atom. The van der Waals surface area contributed by atoms with E-state index in [1.165, 1.54) is 27.5 Å². The minimum Gasteiger partial charge on any atom is -0.296 e. The number of imidazole rings is 1. The third-order valence-electron chi connectivity index (χ3n) is 5.95. The quantitative estimate of drug-likeness (QED) is 0.297. The highest BCUT2D eigenvalue weighted by Crippen LogP contribution is 2.33. The molecule has 1 heterocycles. The second-order valence-electron chi connectivity index (χ2n) is 7.96. The lowest BCUT2D eigenvalue weighted by molar-refractivity contribution is 0.573. The van der Waals surface area contributed by atoms with Crippen molar-refractivity contribution >= 4 is 21.8 Å². The van der Waals surface area contributed by atoms with Crippen molar-refractivity contribution in [3.8, 4) is 5.69 Å². The first-order valence-electron chi connectivity index (χ1n) is 10.8. The van der Waals surface area contributed by atoms with Gasteiger partial charge in [0.1, 0.15) is 5.82 Å². The van der Waals surface area contributed by atoms with Crippen molar-refractivity contribution in [1.29, 1.82) is 0 Å². The Morgan fingerprint density at radius 2 is 1.50 bits per heavy atom. The molecule has 0 radical (unpaired) electrons. The van der Waals surface area contributed by atoms with Crippen molar-refractivity contribution in [1.82, 2.24) is 9.55 Å². The summed E-state index contributed by atoms with van der Waals surface area (Å²) in [5, 5.41) is 2.66. The van der Waals surface area contributed by atoms with Crippen LogP contribution in [0.5, 0.6) is 0 Å². The molecule has 0 aliphatic carbocycles. The van der Waals surface area contributed by atoms with Crippen LogP contribution in [0, 0.1) is 0 Å². The number of benzene rings is 4. The topological polar surface area (TPSA) is 17.8 Å². The highest BCUT2D eigenvalue weighted by Gasteiger charge is 2.22. The maximum absolute atomic E-state index is 5.15. The van der Waals surface area contributed by atoms with Gasteiger partial charge in [0.25, 0.3) is 0 Å². The summed E-state index contributed by atoms with van der Waals surface area (Å²) in [7, 11) is 0. The summed E-state index contributed by atoms with van der Waals surface area (Å²) in [5.41, 5.74) is 4.83. The summed E-state index contributed by atoms with van der Waals surface area (Å²) < 4.78 is 2.36. The van der Waals surface area contributed by atoms with Crippen LogP contribution in [0.1, 0.15) is 37.1 Å². The number of fused-ring (bicyclic) bond motifs is 2. The first-order valence-corrected chi connectivity index (χ1v) is 10.8. The zero-order valence-corrected chi connectivity index (χ0v) is 17.3. The van der Waals surface area contributed by atoms with Crippen LogP contribution in [0.3, 0.4) is 0 Å². The highest BCUT2D eigenvalue weighted by molar-refractivity contribution is 5.85. The lowest BCUT2D eigenvalue weighted by atomic mass is 9.91. The summed E-state index contributed by atoms with van der Waals surface area (Å²) >= 11 is 0. The monoisotopic (exact) mass is 390 g/mol. The van der Waals surface area contributed by atoms with Gasteiger partial charge in [-0.25, -0.2) is 4.98 Å². The Morgan fingerprint density at radius 3 is 2.37 bits per heavy atom. The summed E-state index contributed by atoms with van der Waals surface area (Å²) in [6, 6.07) is 34.5. The summed E-state index contributed by atoms with van der Waals surface area (Å²) in [6.45, 7) is 2.27. The molecule has 1 atom stereocenters. The van der Waals surface area contributed by atoms with Gasteiger partial charge in [0.05, 0.1) is 11.0 Å². The molecule has 0 saturated heterocycles. The molecule has 5 aromatic rings. The van der Waals surface area contributed by atoms with E-state index in [0.717, 1.165) is 30.6 Å². The molecule has 30 heavy (non-hydrogen) atoms. The Hall–Kier alpha value is -3.39. The van der Waals surface area contributed by atoms with E-state index in [1.807, 2.05) is 0 Å². The molecule has 0 fully saturated rings. The molecule has 148 valence electrons. The second kappa shape index (κ2) is 8.16. The molecule has 0 spiro atoms. The smallest absolute Gasteiger partial charge is 0.117 e. The predicted octanol–water partition coefficient (Wildman–Crippen LogP) is 7.31. The van der Waals surface area contributed by atoms with E-state index < -0.39 is 0 Å². The Bertz CT molecular complexity index is 1280. The molecule has 0 aliphatic heterocycles. The van der Waals surface area contributed by atoms with E-state index in [1.54, 1.807) is 0 Å². The van der Waals surface area contributed by atoms with Crippen LogP contribution in [0.15, 0.2) is 97.1 Å². The van der Waals surface area contributed by atoms with E-state index in [2.05, 4.69) is 109 Å². The number of nitrogens with zero attached hydrogens (tertiary/aromatic N) is 2. The van der Waals surface area contributed by atoms with Gasteiger partial charge in [-0.3, -0.25) is 4.57 Å². The average molecular weight is 391 g/mol. The first-order chi connectivity index (χ1) is 14.8. The van der Waals surface area contributed by atoms with Crippen molar-refractivity contribution < 1.29 is 0 Å². The molecule has 5 rings (SSSR count). The van der Waals surface area contributed by atoms with Crippen molar-refractivity contribution in [2.45, 2.75) is 32.1 Å². The second-order valence-corrected chi connectivity index (χ2v) is 7.96. The molecular weight excluding hydrogens is 364 g/mol. The van der Waals surface area contributed by atoms with Crippen LogP contribution in [0.4, 0.5) is 0 Å². The van der Waals surface area contributed by atoms with Crippen molar-refractivity contribution in [3.63, 3.8) is 0 Å². The van der Waals surface area contributed by atoms with E-state index in [4.69, 9.17) is 4.98 Å². The number of hydrogen-bond acceptors (Lipinski definition) is 1. The first kappa shape index (κ1) is 18.6. The zero-order chi connectivity index (χ0) is 20.3. The van der Waals surface area contributed by atoms with E-state index in [-0.39, 0.29) is 0 Å². The number of rotatable bonds is 6. The SMILES string of the molecule is CCCC(Cc1cccc2ccccc12)c1nc2ccccc2n1-c1ccccc1. The van der Waals surface area contributed by atoms with Gasteiger partial charge in [0.15, 0.2) is 0 Å². The van der Waals surface area contributed by atoms with Crippen LogP contribution >= 0.6 is 0 Å². The molecule has 0 amide bonds. The van der Waals surface area contributed by atoms with Gasteiger partial charge in [0, 0.05) is 11.6 Å². The third-order valence-corrected chi connectivity index (χ3v) is 5.95. The molecule has 2 heteroatoms. The lowest BCUT2D eigenvalue weighted by Crippen LogP contribution is -2.11. The van der Waals surface area contributed by atoms with Gasteiger partial charge >= 0.3 is 0 Å². The average Bonchev–Trinajstić information content (AvgIpc) is 3.19. The fourth-order valence-electron chi connectivity index (χ4n) is 4.57. The van der Waals surface area contributed by atoms with E-state index in [0.29, 0.717) is 5.92 Å². The van der Waals surface area contributed by atoms with E-state index in [9.17, 15) is 0 Å². The standard InChI is InChI=1S/C28H26N2/c1-2-11-23(20-22-14-10-13-21-12-6-7-17-25(21)22)28-29-26-18-8-9-19-27(26)30(28)24-15-4-3-5-16-24/h3-10,12-19,23H,2,11,20H2,1H3. The fraction of sp³-hybridized carbons (Fsp3) is 0.179. The fourth-order valence-corrected chi connectivity index (χ4v) is 4.57. The van der Waals surface area contributed by atoms with Crippen LogP contribution < -0.4 is 0 Å². The van der Waals surface area contributed by atoms with Gasteiger partial charge in [-0.1, -0.05) is 86.1 Å². The Balaban J connectivity index is 1.66. The molecule has 0 bridgehead atoms. The molecule has 2 nitrogen and oxygen atoms in total. The largest absolute Gasteiger partial charge is 0.296 e. The maximum Gasteiger partial charge on any atom is 0.117 e. The number of hydrogen-bond donors (Lipinski definition) is 0. The summed E-state index contributed by atoms with van der Waals surface area (Å²) in [4.78, 5) is 5.15. The molecule has 0 N–H and O–H groups in total. The van der Waals surface area contributed by atoms with E-state index >= 15 is 0 Å². The molecule has 1 unspecified atom stereocenters. The minimum atomic E-state index is 0.355. The van der Waals surface area contributed by atoms with Crippen LogP contribution in [-0.4, -0.2) is 9.55 Å². The molecule has 4 aromatic carbocycles. The highest BCUT2D eigenvalue weighted by atomic mass is 15.1. The minimum absolute atomic E-state index is 0.355. The number of para-hydroxylation sites is 3. The molecule has 1 aromatic heterocycles. The Labute approximate surface area is 177 Å². The molecule has 0 saturated carbocycles. The van der Waals surface area contributed by atoms with Crippen LogP contribution in [0.2, 0.25) is 0 Å². The lowest BCUT2D eigenvalue weighted by Gasteiger charge is -2.19. The van der Waals surface area contributed by atoms with Crippen LogP contribution in [0.25, 0.3) is 27.5 Å². The number of aromatic nitrogens is 2. The van der Waals surface area contributed by atoms with Gasteiger partial charge in [0.2, 0.25) is 0 Å². The summed E-state index contributed by atoms with van der Waals surface area (Å²) in [5.74, 6) is 1.52.